The van der Waals surface area contributed by atoms with Gasteiger partial charge in [0.05, 0.1) is 12.6 Å². The van der Waals surface area contributed by atoms with Gasteiger partial charge in [0.2, 0.25) is 5.91 Å². The zero-order valence-corrected chi connectivity index (χ0v) is 11.7. The van der Waals surface area contributed by atoms with Gasteiger partial charge in [-0.25, -0.2) is 0 Å². The summed E-state index contributed by atoms with van der Waals surface area (Å²) in [5, 5.41) is 15.2. The topological polar surface area (TPSA) is 61.4 Å². The van der Waals surface area contributed by atoms with Crippen LogP contribution in [0.5, 0.6) is 0 Å². The van der Waals surface area contributed by atoms with E-state index in [0.717, 1.165) is 17.8 Å². The van der Waals surface area contributed by atoms with Gasteiger partial charge in [-0.15, -0.1) is 0 Å². The van der Waals surface area contributed by atoms with Crippen LogP contribution in [-0.2, 0) is 24.4 Å². The maximum atomic E-state index is 12.3. The Morgan fingerprint density at radius 1 is 1.14 bits per heavy atom. The summed E-state index contributed by atoms with van der Waals surface area (Å²) in [5.41, 5.74) is 4.07. The van der Waals surface area contributed by atoms with Crippen molar-refractivity contribution >= 4 is 11.6 Å². The van der Waals surface area contributed by atoms with E-state index in [4.69, 9.17) is 5.11 Å². The van der Waals surface area contributed by atoms with E-state index in [1.165, 1.54) is 11.1 Å². The molecular weight excluding hydrogens is 264 g/mol. The van der Waals surface area contributed by atoms with E-state index in [1.54, 1.807) is 24.3 Å². The summed E-state index contributed by atoms with van der Waals surface area (Å²) in [6.07, 6.45) is 0.705. The van der Waals surface area contributed by atoms with Crippen LogP contribution < -0.4 is 10.6 Å². The lowest BCUT2D eigenvalue weighted by molar-refractivity contribution is -0.118. The monoisotopic (exact) mass is 282 g/mol. The van der Waals surface area contributed by atoms with Gasteiger partial charge in [-0.3, -0.25) is 4.79 Å². The number of fused-ring (bicyclic) bond motifs is 1. The van der Waals surface area contributed by atoms with Gasteiger partial charge in [0.25, 0.3) is 0 Å². The SMILES string of the molecule is O=C(Nc1ccc(CO)cc1)C1Cc2ccccc2CN1. The van der Waals surface area contributed by atoms with Crippen molar-refractivity contribution in [2.45, 2.75) is 25.6 Å². The third kappa shape index (κ3) is 3.12. The Hall–Kier alpha value is -2.17. The van der Waals surface area contributed by atoms with Gasteiger partial charge in [-0.2, -0.15) is 0 Å². The average Bonchev–Trinajstić information content (AvgIpc) is 2.55. The second kappa shape index (κ2) is 6.08. The number of aliphatic hydroxyl groups is 1. The van der Waals surface area contributed by atoms with Gasteiger partial charge in [0.1, 0.15) is 0 Å². The molecule has 2 aromatic carbocycles. The number of aliphatic hydroxyl groups excluding tert-OH is 1. The van der Waals surface area contributed by atoms with Crippen LogP contribution >= 0.6 is 0 Å². The van der Waals surface area contributed by atoms with Crippen LogP contribution in [0.3, 0.4) is 0 Å². The molecule has 0 saturated carbocycles. The molecule has 0 saturated heterocycles. The first-order valence-corrected chi connectivity index (χ1v) is 7.07. The number of hydrogen-bond donors (Lipinski definition) is 3. The number of anilines is 1. The van der Waals surface area contributed by atoms with Gasteiger partial charge in [0, 0.05) is 12.2 Å². The molecule has 1 aliphatic rings. The third-order valence-electron chi connectivity index (χ3n) is 3.80. The van der Waals surface area contributed by atoms with E-state index in [1.807, 2.05) is 12.1 Å². The number of benzene rings is 2. The van der Waals surface area contributed by atoms with E-state index in [-0.39, 0.29) is 18.6 Å². The molecule has 4 heteroatoms. The highest BCUT2D eigenvalue weighted by atomic mass is 16.3. The van der Waals surface area contributed by atoms with Crippen molar-refractivity contribution in [2.24, 2.45) is 0 Å². The van der Waals surface area contributed by atoms with Crippen LogP contribution in [0.25, 0.3) is 0 Å². The van der Waals surface area contributed by atoms with Gasteiger partial charge in [0.15, 0.2) is 0 Å². The summed E-state index contributed by atoms with van der Waals surface area (Å²) in [6, 6.07) is 15.2. The molecule has 1 aliphatic heterocycles. The molecule has 0 radical (unpaired) electrons. The Morgan fingerprint density at radius 3 is 2.57 bits per heavy atom. The van der Waals surface area contributed by atoms with Crippen molar-refractivity contribution in [1.29, 1.82) is 0 Å². The molecule has 3 N–H and O–H groups in total. The first kappa shape index (κ1) is 13.8. The van der Waals surface area contributed by atoms with E-state index < -0.39 is 0 Å². The normalized spacial score (nSPS) is 17.1. The molecule has 21 heavy (non-hydrogen) atoms. The molecule has 3 rings (SSSR count). The fraction of sp³-hybridized carbons (Fsp3) is 0.235. The van der Waals surface area contributed by atoms with Crippen molar-refractivity contribution in [3.63, 3.8) is 0 Å². The fourth-order valence-corrected chi connectivity index (χ4v) is 2.56. The van der Waals surface area contributed by atoms with Crippen LogP contribution in [0.1, 0.15) is 16.7 Å². The maximum absolute atomic E-state index is 12.3. The van der Waals surface area contributed by atoms with Gasteiger partial charge < -0.3 is 15.7 Å². The van der Waals surface area contributed by atoms with Crippen LogP contribution in [0.4, 0.5) is 5.69 Å². The molecule has 1 heterocycles. The highest BCUT2D eigenvalue weighted by Gasteiger charge is 2.23. The lowest BCUT2D eigenvalue weighted by Gasteiger charge is -2.25. The minimum absolute atomic E-state index is 0.00912. The summed E-state index contributed by atoms with van der Waals surface area (Å²) in [6.45, 7) is 0.729. The molecule has 0 bridgehead atoms. The second-order valence-corrected chi connectivity index (χ2v) is 5.25. The molecule has 0 aliphatic carbocycles. The molecule has 0 fully saturated rings. The zero-order valence-electron chi connectivity index (χ0n) is 11.7. The summed E-state index contributed by atoms with van der Waals surface area (Å²) >= 11 is 0. The number of rotatable bonds is 3. The second-order valence-electron chi connectivity index (χ2n) is 5.25. The standard InChI is InChI=1S/C17H18N2O2/c20-11-12-5-7-15(8-6-12)19-17(21)16-9-13-3-1-2-4-14(13)10-18-16/h1-8,16,18,20H,9-11H2,(H,19,21). The Labute approximate surface area is 123 Å². The van der Waals surface area contributed by atoms with Crippen molar-refractivity contribution < 1.29 is 9.90 Å². The maximum Gasteiger partial charge on any atom is 0.241 e. The molecule has 1 amide bonds. The smallest absolute Gasteiger partial charge is 0.241 e. The lowest BCUT2D eigenvalue weighted by Crippen LogP contribution is -2.44. The number of carbonyl (C=O) groups is 1. The summed E-state index contributed by atoms with van der Waals surface area (Å²) in [4.78, 5) is 12.3. The largest absolute Gasteiger partial charge is 0.392 e. The number of carbonyl (C=O) groups excluding carboxylic acids is 1. The van der Waals surface area contributed by atoms with Crippen LogP contribution in [-0.4, -0.2) is 17.1 Å². The highest BCUT2D eigenvalue weighted by Crippen LogP contribution is 2.17. The van der Waals surface area contributed by atoms with E-state index in [9.17, 15) is 4.79 Å². The van der Waals surface area contributed by atoms with E-state index in [0.29, 0.717) is 6.42 Å². The van der Waals surface area contributed by atoms with E-state index in [2.05, 4.69) is 22.8 Å². The van der Waals surface area contributed by atoms with Crippen molar-refractivity contribution in [3.8, 4) is 0 Å². The predicted octanol–water partition coefficient (Wildman–Crippen LogP) is 1.83. The molecule has 4 nitrogen and oxygen atoms in total. The average molecular weight is 282 g/mol. The minimum atomic E-state index is -0.211. The zero-order chi connectivity index (χ0) is 14.7. The Bertz CT molecular complexity index is 637. The summed E-state index contributed by atoms with van der Waals surface area (Å²) < 4.78 is 0. The quantitative estimate of drug-likeness (QED) is 0.805. The number of hydrogen-bond acceptors (Lipinski definition) is 3. The van der Waals surface area contributed by atoms with Crippen LogP contribution in [0.15, 0.2) is 48.5 Å². The van der Waals surface area contributed by atoms with Crippen molar-refractivity contribution in [1.82, 2.24) is 5.32 Å². The third-order valence-corrected chi connectivity index (χ3v) is 3.80. The van der Waals surface area contributed by atoms with Gasteiger partial charge >= 0.3 is 0 Å². The Morgan fingerprint density at radius 2 is 1.86 bits per heavy atom. The molecule has 1 atom stereocenters. The predicted molar refractivity (Wildman–Crippen MR) is 81.8 cm³/mol. The molecule has 1 unspecified atom stereocenters. The summed E-state index contributed by atoms with van der Waals surface area (Å²) in [7, 11) is 0. The summed E-state index contributed by atoms with van der Waals surface area (Å²) in [5.74, 6) is -0.0266. The molecule has 0 spiro atoms. The van der Waals surface area contributed by atoms with Gasteiger partial charge in [-0.05, 0) is 35.2 Å². The number of nitrogens with one attached hydrogen (secondary N) is 2. The van der Waals surface area contributed by atoms with Crippen molar-refractivity contribution in [2.75, 3.05) is 5.32 Å². The fourth-order valence-electron chi connectivity index (χ4n) is 2.56. The minimum Gasteiger partial charge on any atom is -0.392 e. The molecule has 2 aromatic rings. The number of amides is 1. The van der Waals surface area contributed by atoms with Crippen LogP contribution in [0.2, 0.25) is 0 Å². The highest BCUT2D eigenvalue weighted by molar-refractivity contribution is 5.95. The molecular formula is C17H18N2O2. The van der Waals surface area contributed by atoms with E-state index >= 15 is 0 Å². The Kier molecular flexibility index (Phi) is 3.99. The van der Waals surface area contributed by atoms with Gasteiger partial charge in [-0.1, -0.05) is 36.4 Å². The Balaban J connectivity index is 1.66. The first-order chi connectivity index (χ1) is 10.3. The van der Waals surface area contributed by atoms with Crippen LogP contribution in [0, 0.1) is 0 Å². The first-order valence-electron chi connectivity index (χ1n) is 7.07. The lowest BCUT2D eigenvalue weighted by atomic mass is 9.95. The molecule has 0 aromatic heterocycles. The van der Waals surface area contributed by atoms with Crippen molar-refractivity contribution in [3.05, 3.63) is 65.2 Å². The molecule has 108 valence electrons.